The molecule has 1 aromatic rings. The largest absolute Gasteiger partial charge is 0.469 e. The van der Waals surface area contributed by atoms with Crippen molar-refractivity contribution >= 4 is 11.8 Å². The zero-order valence-corrected chi connectivity index (χ0v) is 10.9. The number of Topliss-reactive ketones (excluding diaryl/α,β-unsaturated/α-hetero) is 1. The molecule has 0 amide bonds. The van der Waals surface area contributed by atoms with Gasteiger partial charge in [-0.1, -0.05) is 0 Å². The normalized spacial score (nSPS) is 13.7. The Morgan fingerprint density at radius 2 is 1.85 bits per heavy atom. The van der Waals surface area contributed by atoms with Crippen LogP contribution in [0.5, 0.6) is 0 Å². The first-order chi connectivity index (χ1) is 9.27. The van der Waals surface area contributed by atoms with Crippen LogP contribution < -0.4 is 0 Å². The van der Waals surface area contributed by atoms with Crippen LogP contribution >= 0.6 is 0 Å². The van der Waals surface area contributed by atoms with Crippen LogP contribution in [0.25, 0.3) is 0 Å². The van der Waals surface area contributed by atoms with Crippen LogP contribution in [0.15, 0.2) is 12.1 Å². The van der Waals surface area contributed by atoms with E-state index in [-0.39, 0.29) is 0 Å². The summed E-state index contributed by atoms with van der Waals surface area (Å²) in [4.78, 5) is 22.1. The van der Waals surface area contributed by atoms with Gasteiger partial charge in [-0.3, -0.25) is 9.59 Å². The molecule has 2 N–H and O–H groups in total. The molecule has 0 aromatic heterocycles. The molecule has 0 aliphatic carbocycles. The standard InChI is InChI=1S/C13H14F2O5/c1-6(16)7-3-8(10(15)4-9(7)14)13(19)11(17)5-12(18)20-2/h3-4,11,13,17,19H,5H2,1-2H3. The van der Waals surface area contributed by atoms with Crippen molar-refractivity contribution in [3.63, 3.8) is 0 Å². The molecule has 0 saturated heterocycles. The van der Waals surface area contributed by atoms with Crippen LogP contribution in [0.1, 0.15) is 35.4 Å². The van der Waals surface area contributed by atoms with Crippen LogP contribution in [0.4, 0.5) is 8.78 Å². The van der Waals surface area contributed by atoms with Gasteiger partial charge in [0.25, 0.3) is 0 Å². The second-order valence-electron chi connectivity index (χ2n) is 4.20. The monoisotopic (exact) mass is 288 g/mol. The van der Waals surface area contributed by atoms with E-state index in [1.54, 1.807) is 0 Å². The summed E-state index contributed by atoms with van der Waals surface area (Å²) < 4.78 is 31.2. The second-order valence-corrected chi connectivity index (χ2v) is 4.20. The molecule has 0 heterocycles. The molecule has 7 heteroatoms. The smallest absolute Gasteiger partial charge is 0.308 e. The SMILES string of the molecule is COC(=O)CC(O)C(O)c1cc(C(C)=O)c(F)cc1F. The maximum Gasteiger partial charge on any atom is 0.308 e. The highest BCUT2D eigenvalue weighted by atomic mass is 19.1. The number of hydrogen-bond donors (Lipinski definition) is 2. The zero-order chi connectivity index (χ0) is 15.4. The number of carbonyl (C=O) groups is 2. The lowest BCUT2D eigenvalue weighted by Gasteiger charge is -2.18. The maximum absolute atomic E-state index is 13.6. The summed E-state index contributed by atoms with van der Waals surface area (Å²) >= 11 is 0. The van der Waals surface area contributed by atoms with Gasteiger partial charge in [-0.25, -0.2) is 8.78 Å². The summed E-state index contributed by atoms with van der Waals surface area (Å²) in [5.41, 5.74) is -0.876. The second kappa shape index (κ2) is 6.53. The van der Waals surface area contributed by atoms with Gasteiger partial charge in [0.05, 0.1) is 25.2 Å². The van der Waals surface area contributed by atoms with Crippen LogP contribution in [-0.2, 0) is 9.53 Å². The molecule has 0 radical (unpaired) electrons. The predicted octanol–water partition coefficient (Wildman–Crippen LogP) is 1.12. The number of ketones is 1. The van der Waals surface area contributed by atoms with Crippen LogP contribution in [0, 0.1) is 11.6 Å². The molecule has 0 aliphatic heterocycles. The van der Waals surface area contributed by atoms with E-state index in [1.165, 1.54) is 0 Å². The molecule has 1 rings (SSSR count). The number of halogens is 2. The molecule has 0 fully saturated rings. The zero-order valence-electron chi connectivity index (χ0n) is 10.9. The molecule has 1 aromatic carbocycles. The van der Waals surface area contributed by atoms with E-state index in [4.69, 9.17) is 0 Å². The van der Waals surface area contributed by atoms with Gasteiger partial charge in [0.1, 0.15) is 17.7 Å². The highest BCUT2D eigenvalue weighted by Crippen LogP contribution is 2.25. The highest BCUT2D eigenvalue weighted by molar-refractivity contribution is 5.94. The number of rotatable bonds is 5. The first-order valence-corrected chi connectivity index (χ1v) is 5.70. The van der Waals surface area contributed by atoms with Crippen molar-refractivity contribution in [1.82, 2.24) is 0 Å². The molecule has 2 atom stereocenters. The molecule has 0 aliphatic rings. The number of methoxy groups -OCH3 is 1. The minimum Gasteiger partial charge on any atom is -0.469 e. The van der Waals surface area contributed by atoms with E-state index < -0.39 is 53.1 Å². The summed E-state index contributed by atoms with van der Waals surface area (Å²) in [6.07, 6.45) is -3.99. The van der Waals surface area contributed by atoms with Crippen LogP contribution in [0.2, 0.25) is 0 Å². The van der Waals surface area contributed by atoms with Crippen molar-refractivity contribution in [2.24, 2.45) is 0 Å². The molecule has 0 spiro atoms. The lowest BCUT2D eigenvalue weighted by molar-refractivity contribution is -0.144. The van der Waals surface area contributed by atoms with Gasteiger partial charge in [0.2, 0.25) is 0 Å². The van der Waals surface area contributed by atoms with E-state index in [1.807, 2.05) is 0 Å². The summed E-state index contributed by atoms with van der Waals surface area (Å²) in [6.45, 7) is 1.08. The number of ether oxygens (including phenoxy) is 1. The van der Waals surface area contributed by atoms with E-state index in [2.05, 4.69) is 4.74 Å². The molecule has 110 valence electrons. The highest BCUT2D eigenvalue weighted by Gasteiger charge is 2.26. The topological polar surface area (TPSA) is 83.8 Å². The first kappa shape index (κ1) is 16.2. The molecule has 0 saturated carbocycles. The van der Waals surface area contributed by atoms with Crippen molar-refractivity contribution < 1.29 is 33.3 Å². The van der Waals surface area contributed by atoms with E-state index in [9.17, 15) is 28.6 Å². The Kier molecular flexibility index (Phi) is 5.29. The Labute approximate surface area is 113 Å². The third-order valence-electron chi connectivity index (χ3n) is 2.75. The van der Waals surface area contributed by atoms with Gasteiger partial charge in [-0.15, -0.1) is 0 Å². The van der Waals surface area contributed by atoms with Gasteiger partial charge in [0, 0.05) is 11.6 Å². The van der Waals surface area contributed by atoms with Gasteiger partial charge in [0.15, 0.2) is 5.78 Å². The van der Waals surface area contributed by atoms with Crippen molar-refractivity contribution in [2.75, 3.05) is 7.11 Å². The summed E-state index contributed by atoms with van der Waals surface area (Å²) in [5.74, 6) is -3.64. The van der Waals surface area contributed by atoms with E-state index in [0.717, 1.165) is 20.1 Å². The summed E-state index contributed by atoms with van der Waals surface area (Å²) in [6, 6.07) is 1.26. The molecule has 2 unspecified atom stereocenters. The number of benzene rings is 1. The fraction of sp³-hybridized carbons (Fsp3) is 0.385. The maximum atomic E-state index is 13.6. The average Bonchev–Trinajstić information content (AvgIpc) is 2.37. The number of aliphatic hydroxyl groups excluding tert-OH is 2. The lowest BCUT2D eigenvalue weighted by Crippen LogP contribution is -2.23. The van der Waals surface area contributed by atoms with Crippen molar-refractivity contribution in [1.29, 1.82) is 0 Å². The Morgan fingerprint density at radius 1 is 1.25 bits per heavy atom. The molecular formula is C13H14F2O5. The Bertz CT molecular complexity index is 530. The summed E-state index contributed by atoms with van der Waals surface area (Å²) in [7, 11) is 1.09. The summed E-state index contributed by atoms with van der Waals surface area (Å²) in [5, 5.41) is 19.4. The molecule has 0 bridgehead atoms. The third-order valence-corrected chi connectivity index (χ3v) is 2.75. The Balaban J connectivity index is 3.09. The average molecular weight is 288 g/mol. The van der Waals surface area contributed by atoms with Crippen LogP contribution in [0.3, 0.4) is 0 Å². The van der Waals surface area contributed by atoms with Crippen molar-refractivity contribution in [3.8, 4) is 0 Å². The van der Waals surface area contributed by atoms with E-state index in [0.29, 0.717) is 6.07 Å². The quantitative estimate of drug-likeness (QED) is 0.626. The fourth-order valence-electron chi connectivity index (χ4n) is 1.64. The lowest BCUT2D eigenvalue weighted by atomic mass is 9.98. The molecular weight excluding hydrogens is 274 g/mol. The van der Waals surface area contributed by atoms with Gasteiger partial charge >= 0.3 is 5.97 Å². The number of carbonyl (C=O) groups excluding carboxylic acids is 2. The van der Waals surface area contributed by atoms with Crippen LogP contribution in [-0.4, -0.2) is 35.2 Å². The fourth-order valence-corrected chi connectivity index (χ4v) is 1.64. The third kappa shape index (κ3) is 3.58. The Hall–Kier alpha value is -1.86. The van der Waals surface area contributed by atoms with E-state index >= 15 is 0 Å². The minimum atomic E-state index is -1.78. The van der Waals surface area contributed by atoms with Crippen molar-refractivity contribution in [3.05, 3.63) is 34.9 Å². The Morgan fingerprint density at radius 3 is 2.35 bits per heavy atom. The number of esters is 1. The molecule has 5 nitrogen and oxygen atoms in total. The van der Waals surface area contributed by atoms with Gasteiger partial charge in [-0.05, 0) is 13.0 Å². The minimum absolute atomic E-state index is 0.411. The number of aliphatic hydroxyl groups is 2. The van der Waals surface area contributed by atoms with Gasteiger partial charge in [-0.2, -0.15) is 0 Å². The van der Waals surface area contributed by atoms with Crippen molar-refractivity contribution in [2.45, 2.75) is 25.6 Å². The van der Waals surface area contributed by atoms with Gasteiger partial charge < -0.3 is 14.9 Å². The predicted molar refractivity (Wildman–Crippen MR) is 64.0 cm³/mol. The molecule has 20 heavy (non-hydrogen) atoms. The first-order valence-electron chi connectivity index (χ1n) is 5.70. The number of hydrogen-bond acceptors (Lipinski definition) is 5.